The minimum absolute atomic E-state index is 0.114. The summed E-state index contributed by atoms with van der Waals surface area (Å²) in [5.41, 5.74) is 6.79. The van der Waals surface area contributed by atoms with Crippen LogP contribution in [0, 0.1) is 13.8 Å². The summed E-state index contributed by atoms with van der Waals surface area (Å²) in [7, 11) is 1.66. The lowest BCUT2D eigenvalue weighted by Crippen LogP contribution is -2.42. The van der Waals surface area contributed by atoms with Crippen LogP contribution in [0.3, 0.4) is 0 Å². The number of hydrogen-bond donors (Lipinski definition) is 1. The van der Waals surface area contributed by atoms with Gasteiger partial charge in [0, 0.05) is 35.7 Å². The Balaban J connectivity index is 1.64. The van der Waals surface area contributed by atoms with E-state index in [-0.39, 0.29) is 5.91 Å². The molecule has 0 aliphatic carbocycles. The fourth-order valence-corrected chi connectivity index (χ4v) is 3.22. The molecule has 2 aromatic rings. The summed E-state index contributed by atoms with van der Waals surface area (Å²) in [6.45, 7) is 7.33. The van der Waals surface area contributed by atoms with Gasteiger partial charge in [0.25, 0.3) is 5.91 Å². The van der Waals surface area contributed by atoms with Crippen LogP contribution in [-0.2, 0) is 9.53 Å². The van der Waals surface area contributed by atoms with Crippen LogP contribution in [0.25, 0.3) is 5.69 Å². The second kappa shape index (κ2) is 8.83. The van der Waals surface area contributed by atoms with E-state index in [1.165, 1.54) is 0 Å². The molecule has 1 aromatic heterocycles. The number of nitrogens with one attached hydrogen (secondary N) is 1. The molecule has 7 heteroatoms. The van der Waals surface area contributed by atoms with Crippen LogP contribution in [0.1, 0.15) is 17.0 Å². The topological polar surface area (TPSA) is 68.1 Å². The highest BCUT2D eigenvalue weighted by Crippen LogP contribution is 2.21. The Morgan fingerprint density at radius 2 is 1.96 bits per heavy atom. The van der Waals surface area contributed by atoms with Crippen molar-refractivity contribution >= 4 is 12.1 Å². The number of carbonyl (C=O) groups is 1. The highest BCUT2D eigenvalue weighted by atomic mass is 16.5. The van der Waals surface area contributed by atoms with Crippen molar-refractivity contribution in [3.8, 4) is 11.4 Å². The van der Waals surface area contributed by atoms with E-state index in [9.17, 15) is 4.79 Å². The second-order valence-electron chi connectivity index (χ2n) is 6.54. The number of hydrazone groups is 1. The standard InChI is InChI=1S/C20H26N4O3/c1-15-12-17(13-21-22-20(25)14-23-8-10-27-11-9-23)16(2)24(15)18-4-6-19(26-3)7-5-18/h4-7,12-13H,8-11,14H2,1-3H3,(H,22,25)/b21-13+. The molecule has 1 aliphatic heterocycles. The lowest BCUT2D eigenvalue weighted by atomic mass is 10.2. The Labute approximate surface area is 159 Å². The number of aryl methyl sites for hydroxylation is 1. The van der Waals surface area contributed by atoms with Crippen LogP contribution in [0.4, 0.5) is 0 Å². The van der Waals surface area contributed by atoms with Gasteiger partial charge in [0.2, 0.25) is 0 Å². The number of benzene rings is 1. The van der Waals surface area contributed by atoms with Crippen molar-refractivity contribution in [1.82, 2.24) is 14.9 Å². The van der Waals surface area contributed by atoms with Gasteiger partial charge in [-0.25, -0.2) is 5.43 Å². The Kier molecular flexibility index (Phi) is 6.26. The summed E-state index contributed by atoms with van der Waals surface area (Å²) in [6.07, 6.45) is 1.69. The zero-order valence-corrected chi connectivity index (χ0v) is 16.1. The first-order valence-electron chi connectivity index (χ1n) is 9.04. The van der Waals surface area contributed by atoms with Gasteiger partial charge in [0.05, 0.1) is 33.1 Å². The van der Waals surface area contributed by atoms with Gasteiger partial charge in [-0.2, -0.15) is 5.10 Å². The zero-order chi connectivity index (χ0) is 19.2. The molecule has 27 heavy (non-hydrogen) atoms. The first-order valence-corrected chi connectivity index (χ1v) is 9.04. The van der Waals surface area contributed by atoms with Gasteiger partial charge in [-0.15, -0.1) is 0 Å². The monoisotopic (exact) mass is 370 g/mol. The van der Waals surface area contributed by atoms with E-state index >= 15 is 0 Å². The number of amides is 1. The van der Waals surface area contributed by atoms with Crippen molar-refractivity contribution in [2.24, 2.45) is 5.10 Å². The third-order valence-corrected chi connectivity index (χ3v) is 4.66. The van der Waals surface area contributed by atoms with E-state index in [0.717, 1.165) is 41.5 Å². The van der Waals surface area contributed by atoms with Gasteiger partial charge in [-0.3, -0.25) is 9.69 Å². The highest BCUT2D eigenvalue weighted by molar-refractivity contribution is 5.84. The van der Waals surface area contributed by atoms with Crippen molar-refractivity contribution in [3.05, 3.63) is 47.3 Å². The predicted molar refractivity (Wildman–Crippen MR) is 105 cm³/mol. The molecule has 0 atom stereocenters. The Hall–Kier alpha value is -2.64. The summed E-state index contributed by atoms with van der Waals surface area (Å²) >= 11 is 0. The SMILES string of the molecule is COc1ccc(-n2c(C)cc(/C=N/NC(=O)CN3CCOCC3)c2C)cc1. The van der Waals surface area contributed by atoms with Gasteiger partial charge in [-0.1, -0.05) is 0 Å². The molecule has 1 amide bonds. The number of hydrogen-bond acceptors (Lipinski definition) is 5. The smallest absolute Gasteiger partial charge is 0.254 e. The van der Waals surface area contributed by atoms with E-state index in [1.54, 1.807) is 13.3 Å². The summed E-state index contributed by atoms with van der Waals surface area (Å²) in [5, 5.41) is 4.13. The molecule has 1 aliphatic rings. The molecule has 2 heterocycles. The molecular weight excluding hydrogens is 344 g/mol. The van der Waals surface area contributed by atoms with Crippen LogP contribution in [0.5, 0.6) is 5.75 Å². The molecule has 1 fully saturated rings. The molecule has 144 valence electrons. The minimum Gasteiger partial charge on any atom is -0.497 e. The lowest BCUT2D eigenvalue weighted by Gasteiger charge is -2.25. The number of methoxy groups -OCH3 is 1. The third-order valence-electron chi connectivity index (χ3n) is 4.66. The molecule has 0 radical (unpaired) electrons. The van der Waals surface area contributed by atoms with E-state index in [1.807, 2.05) is 38.1 Å². The van der Waals surface area contributed by atoms with E-state index in [2.05, 4.69) is 26.1 Å². The number of rotatable bonds is 6. The van der Waals surface area contributed by atoms with Crippen LogP contribution < -0.4 is 10.2 Å². The van der Waals surface area contributed by atoms with Gasteiger partial charge in [-0.05, 0) is 44.2 Å². The number of aromatic nitrogens is 1. The Morgan fingerprint density at radius 1 is 1.26 bits per heavy atom. The maximum absolute atomic E-state index is 12.0. The van der Waals surface area contributed by atoms with Crippen molar-refractivity contribution in [1.29, 1.82) is 0 Å². The van der Waals surface area contributed by atoms with Crippen LogP contribution >= 0.6 is 0 Å². The summed E-state index contributed by atoms with van der Waals surface area (Å²) in [5.74, 6) is 0.711. The number of morpholine rings is 1. The lowest BCUT2D eigenvalue weighted by molar-refractivity contribution is -0.123. The molecule has 3 rings (SSSR count). The van der Waals surface area contributed by atoms with E-state index < -0.39 is 0 Å². The van der Waals surface area contributed by atoms with E-state index in [0.29, 0.717) is 19.8 Å². The molecule has 0 bridgehead atoms. The van der Waals surface area contributed by atoms with E-state index in [4.69, 9.17) is 9.47 Å². The van der Waals surface area contributed by atoms with Crippen molar-refractivity contribution in [3.63, 3.8) is 0 Å². The van der Waals surface area contributed by atoms with Crippen molar-refractivity contribution in [2.75, 3.05) is 40.0 Å². The molecule has 0 spiro atoms. The fraction of sp³-hybridized carbons (Fsp3) is 0.400. The van der Waals surface area contributed by atoms with Gasteiger partial charge in [0.15, 0.2) is 0 Å². The molecule has 0 unspecified atom stereocenters. The van der Waals surface area contributed by atoms with Gasteiger partial charge in [0.1, 0.15) is 5.75 Å². The first-order chi connectivity index (χ1) is 13.1. The van der Waals surface area contributed by atoms with Crippen molar-refractivity contribution in [2.45, 2.75) is 13.8 Å². The third kappa shape index (κ3) is 4.75. The molecular formula is C20H26N4O3. The number of carbonyl (C=O) groups excluding carboxylic acids is 1. The molecule has 0 saturated carbocycles. The molecule has 1 N–H and O–H groups in total. The van der Waals surface area contributed by atoms with Crippen LogP contribution in [0.2, 0.25) is 0 Å². The van der Waals surface area contributed by atoms with Crippen molar-refractivity contribution < 1.29 is 14.3 Å². The summed E-state index contributed by atoms with van der Waals surface area (Å²) in [6, 6.07) is 9.96. The summed E-state index contributed by atoms with van der Waals surface area (Å²) < 4.78 is 12.7. The zero-order valence-electron chi connectivity index (χ0n) is 16.1. The second-order valence-corrected chi connectivity index (χ2v) is 6.54. The quantitative estimate of drug-likeness (QED) is 0.623. The van der Waals surface area contributed by atoms with Crippen LogP contribution in [-0.4, -0.2) is 61.5 Å². The maximum atomic E-state index is 12.0. The highest BCUT2D eigenvalue weighted by Gasteiger charge is 2.14. The summed E-state index contributed by atoms with van der Waals surface area (Å²) in [4.78, 5) is 14.1. The normalized spacial score (nSPS) is 15.2. The van der Waals surface area contributed by atoms with Crippen LogP contribution in [0.15, 0.2) is 35.4 Å². The first kappa shape index (κ1) is 19.1. The average molecular weight is 370 g/mol. The number of nitrogens with zero attached hydrogens (tertiary/aromatic N) is 3. The number of ether oxygens (including phenoxy) is 2. The Bertz CT molecular complexity index is 805. The fourth-order valence-electron chi connectivity index (χ4n) is 3.22. The molecule has 7 nitrogen and oxygen atoms in total. The van der Waals surface area contributed by atoms with Gasteiger partial charge >= 0.3 is 0 Å². The molecule has 1 aromatic carbocycles. The Morgan fingerprint density at radius 3 is 2.63 bits per heavy atom. The largest absolute Gasteiger partial charge is 0.497 e. The average Bonchev–Trinajstić information content (AvgIpc) is 2.96. The van der Waals surface area contributed by atoms with Gasteiger partial charge < -0.3 is 14.0 Å². The maximum Gasteiger partial charge on any atom is 0.254 e. The molecule has 1 saturated heterocycles. The predicted octanol–water partition coefficient (Wildman–Crippen LogP) is 1.89. The minimum atomic E-state index is -0.114.